The van der Waals surface area contributed by atoms with Gasteiger partial charge < -0.3 is 5.32 Å². The van der Waals surface area contributed by atoms with Gasteiger partial charge in [0, 0.05) is 16.7 Å². The van der Waals surface area contributed by atoms with Crippen LogP contribution in [0.15, 0.2) is 22.8 Å². The Morgan fingerprint density at radius 1 is 1.31 bits per heavy atom. The second kappa shape index (κ2) is 4.71. The lowest BCUT2D eigenvalue weighted by Gasteiger charge is -2.23. The number of aromatic nitrogens is 1. The Kier molecular flexibility index (Phi) is 3.49. The fourth-order valence-corrected chi connectivity index (χ4v) is 3.43. The van der Waals surface area contributed by atoms with Crippen LogP contribution in [-0.4, -0.2) is 30.9 Å². The molecule has 0 atom stereocenters. The van der Waals surface area contributed by atoms with E-state index in [4.69, 9.17) is 0 Å². The summed E-state index contributed by atoms with van der Waals surface area (Å²) in [6.07, 6.45) is 3.06. The molecule has 0 bridgehead atoms. The average Bonchev–Trinajstić information content (AvgIpc) is 2.24. The van der Waals surface area contributed by atoms with Gasteiger partial charge in [-0.25, -0.2) is 13.4 Å². The summed E-state index contributed by atoms with van der Waals surface area (Å²) in [7, 11) is -2.78. The largest absolute Gasteiger partial charge is 0.367 e. The molecule has 0 aromatic carbocycles. The van der Waals surface area contributed by atoms with Gasteiger partial charge in [0.05, 0.1) is 11.5 Å². The van der Waals surface area contributed by atoms with Crippen LogP contribution in [0.4, 0.5) is 5.82 Å². The summed E-state index contributed by atoms with van der Waals surface area (Å²) in [5.74, 6) is 1.36. The molecular weight excluding hydrogens is 292 g/mol. The molecule has 2 rings (SSSR count). The molecule has 0 unspecified atom stereocenters. The highest BCUT2D eigenvalue weighted by atomic mass is 79.9. The molecule has 88 valence electrons. The minimum atomic E-state index is -2.78. The number of sulfone groups is 1. The van der Waals surface area contributed by atoms with Crippen molar-refractivity contribution in [3.63, 3.8) is 0 Å². The highest BCUT2D eigenvalue weighted by Crippen LogP contribution is 2.17. The van der Waals surface area contributed by atoms with Gasteiger partial charge in [0.1, 0.15) is 15.7 Å². The zero-order valence-electron chi connectivity index (χ0n) is 8.69. The number of nitrogens with zero attached hydrogens (tertiary/aromatic N) is 1. The molecule has 0 spiro atoms. The Hall–Kier alpha value is -0.620. The number of hydrogen-bond acceptors (Lipinski definition) is 4. The van der Waals surface area contributed by atoms with E-state index < -0.39 is 9.84 Å². The lowest BCUT2D eigenvalue weighted by Crippen LogP contribution is -2.32. The van der Waals surface area contributed by atoms with Crippen molar-refractivity contribution < 1.29 is 8.42 Å². The van der Waals surface area contributed by atoms with E-state index in [0.717, 1.165) is 10.3 Å². The SMILES string of the molecule is O=S1(=O)CCC(Nc2ccc(Br)cn2)CC1. The van der Waals surface area contributed by atoms with Gasteiger partial charge in [-0.15, -0.1) is 0 Å². The summed E-state index contributed by atoms with van der Waals surface area (Å²) in [4.78, 5) is 4.20. The zero-order chi connectivity index (χ0) is 11.6. The quantitative estimate of drug-likeness (QED) is 0.905. The van der Waals surface area contributed by atoms with Crippen molar-refractivity contribution in [2.75, 3.05) is 16.8 Å². The van der Waals surface area contributed by atoms with Gasteiger partial charge in [0.15, 0.2) is 0 Å². The summed E-state index contributed by atoms with van der Waals surface area (Å²) in [6.45, 7) is 0. The first kappa shape index (κ1) is 11.9. The molecule has 0 aliphatic carbocycles. The minimum absolute atomic E-state index is 0.220. The number of rotatable bonds is 2. The third-order valence-corrected chi connectivity index (χ3v) is 4.82. The molecule has 1 aliphatic heterocycles. The first-order valence-electron chi connectivity index (χ1n) is 5.14. The van der Waals surface area contributed by atoms with Gasteiger partial charge in [-0.1, -0.05) is 0 Å². The van der Waals surface area contributed by atoms with Crippen molar-refractivity contribution in [2.24, 2.45) is 0 Å². The fraction of sp³-hybridized carbons (Fsp3) is 0.500. The predicted octanol–water partition coefficient (Wildman–Crippen LogP) is 1.83. The van der Waals surface area contributed by atoms with Crippen LogP contribution >= 0.6 is 15.9 Å². The molecular formula is C10H13BrN2O2S. The molecule has 1 aromatic heterocycles. The second-order valence-electron chi connectivity index (χ2n) is 3.93. The molecule has 1 fully saturated rings. The van der Waals surface area contributed by atoms with E-state index in [2.05, 4.69) is 26.2 Å². The number of pyridine rings is 1. The highest BCUT2D eigenvalue weighted by Gasteiger charge is 2.23. The van der Waals surface area contributed by atoms with Gasteiger partial charge in [-0.3, -0.25) is 0 Å². The molecule has 1 aliphatic rings. The lowest BCUT2D eigenvalue weighted by atomic mass is 10.1. The maximum Gasteiger partial charge on any atom is 0.150 e. The van der Waals surface area contributed by atoms with Gasteiger partial charge in [0.25, 0.3) is 0 Å². The molecule has 1 N–H and O–H groups in total. The topological polar surface area (TPSA) is 59.1 Å². The number of halogens is 1. The first-order chi connectivity index (χ1) is 7.55. The van der Waals surface area contributed by atoms with Crippen LogP contribution in [0, 0.1) is 0 Å². The Morgan fingerprint density at radius 2 is 2.00 bits per heavy atom. The molecule has 0 saturated carbocycles. The van der Waals surface area contributed by atoms with E-state index in [-0.39, 0.29) is 17.5 Å². The number of nitrogens with one attached hydrogen (secondary N) is 1. The van der Waals surface area contributed by atoms with Crippen molar-refractivity contribution in [1.82, 2.24) is 4.98 Å². The Bertz CT molecular complexity index is 444. The molecule has 4 nitrogen and oxygen atoms in total. The standard InChI is InChI=1S/C10H13BrN2O2S/c11-8-1-2-10(12-7-8)13-9-3-5-16(14,15)6-4-9/h1-2,7,9H,3-6H2,(H,12,13). The Balaban J connectivity index is 1.94. The van der Waals surface area contributed by atoms with Crippen LogP contribution in [0.5, 0.6) is 0 Å². The molecule has 0 radical (unpaired) electrons. The van der Waals surface area contributed by atoms with Crippen molar-refractivity contribution in [3.05, 3.63) is 22.8 Å². The van der Waals surface area contributed by atoms with Crippen LogP contribution in [0.3, 0.4) is 0 Å². The van der Waals surface area contributed by atoms with Crippen molar-refractivity contribution in [2.45, 2.75) is 18.9 Å². The summed E-state index contributed by atoms with van der Waals surface area (Å²) in [5.41, 5.74) is 0. The van der Waals surface area contributed by atoms with E-state index in [1.807, 2.05) is 12.1 Å². The smallest absolute Gasteiger partial charge is 0.150 e. The van der Waals surface area contributed by atoms with E-state index >= 15 is 0 Å². The van der Waals surface area contributed by atoms with Crippen molar-refractivity contribution >= 4 is 31.6 Å². The monoisotopic (exact) mass is 304 g/mol. The van der Waals surface area contributed by atoms with Gasteiger partial charge in [-0.2, -0.15) is 0 Å². The predicted molar refractivity (Wildman–Crippen MR) is 67.2 cm³/mol. The van der Waals surface area contributed by atoms with Gasteiger partial charge in [-0.05, 0) is 40.9 Å². The van der Waals surface area contributed by atoms with Crippen LogP contribution in [-0.2, 0) is 9.84 Å². The lowest BCUT2D eigenvalue weighted by molar-refractivity contribution is 0.559. The van der Waals surface area contributed by atoms with Crippen molar-refractivity contribution in [3.8, 4) is 0 Å². The van der Waals surface area contributed by atoms with Crippen LogP contribution in [0.2, 0.25) is 0 Å². The normalized spacial score (nSPS) is 20.6. The minimum Gasteiger partial charge on any atom is -0.367 e. The Morgan fingerprint density at radius 3 is 2.56 bits per heavy atom. The van der Waals surface area contributed by atoms with Gasteiger partial charge >= 0.3 is 0 Å². The van der Waals surface area contributed by atoms with Gasteiger partial charge in [0.2, 0.25) is 0 Å². The molecule has 1 aromatic rings. The molecule has 0 amide bonds. The molecule has 1 saturated heterocycles. The van der Waals surface area contributed by atoms with E-state index in [1.54, 1.807) is 6.20 Å². The second-order valence-corrected chi connectivity index (χ2v) is 7.15. The zero-order valence-corrected chi connectivity index (χ0v) is 11.1. The number of hydrogen-bond donors (Lipinski definition) is 1. The summed E-state index contributed by atoms with van der Waals surface area (Å²) < 4.78 is 23.4. The van der Waals surface area contributed by atoms with Crippen LogP contribution < -0.4 is 5.32 Å². The van der Waals surface area contributed by atoms with Crippen LogP contribution in [0.1, 0.15) is 12.8 Å². The highest BCUT2D eigenvalue weighted by molar-refractivity contribution is 9.10. The summed E-state index contributed by atoms with van der Waals surface area (Å²) in [6, 6.07) is 4.01. The number of anilines is 1. The fourth-order valence-electron chi connectivity index (χ4n) is 1.70. The van der Waals surface area contributed by atoms with Crippen LogP contribution in [0.25, 0.3) is 0 Å². The maximum absolute atomic E-state index is 11.2. The van der Waals surface area contributed by atoms with Crippen molar-refractivity contribution in [1.29, 1.82) is 0 Å². The third-order valence-electron chi connectivity index (χ3n) is 2.63. The maximum atomic E-state index is 11.2. The summed E-state index contributed by atoms with van der Waals surface area (Å²) in [5, 5.41) is 3.25. The Labute approximate surface area is 104 Å². The van der Waals surface area contributed by atoms with E-state index in [1.165, 1.54) is 0 Å². The average molecular weight is 305 g/mol. The molecule has 2 heterocycles. The van der Waals surface area contributed by atoms with E-state index in [0.29, 0.717) is 12.8 Å². The summed E-state index contributed by atoms with van der Waals surface area (Å²) >= 11 is 3.32. The molecule has 16 heavy (non-hydrogen) atoms. The van der Waals surface area contributed by atoms with E-state index in [9.17, 15) is 8.42 Å². The molecule has 6 heteroatoms. The first-order valence-corrected chi connectivity index (χ1v) is 7.75. The third kappa shape index (κ3) is 3.18.